The summed E-state index contributed by atoms with van der Waals surface area (Å²) in [6.07, 6.45) is 0. The predicted molar refractivity (Wildman–Crippen MR) is 103 cm³/mol. The van der Waals surface area contributed by atoms with E-state index in [-0.39, 0.29) is 0 Å². The summed E-state index contributed by atoms with van der Waals surface area (Å²) in [5, 5.41) is 1.31. The van der Waals surface area contributed by atoms with E-state index < -0.39 is 0 Å². The van der Waals surface area contributed by atoms with Crippen molar-refractivity contribution in [1.29, 1.82) is 0 Å². The van der Waals surface area contributed by atoms with Gasteiger partial charge in [-0.25, -0.2) is 4.98 Å². The smallest absolute Gasteiger partial charge is 0.151 e. The van der Waals surface area contributed by atoms with Crippen molar-refractivity contribution in [3.05, 3.63) is 53.7 Å². The lowest BCUT2D eigenvalue weighted by Crippen LogP contribution is -1.89. The lowest BCUT2D eigenvalue weighted by atomic mass is 10.1. The number of benzene rings is 2. The number of aromatic amines is 1. The topological polar surface area (TPSA) is 37.9 Å². The number of para-hydroxylation sites is 1. The van der Waals surface area contributed by atoms with Crippen LogP contribution < -0.4 is 4.74 Å². The number of aryl methyl sites for hydroxylation is 1. The number of nitrogens with one attached hydrogen (secondary N) is 1. The van der Waals surface area contributed by atoms with Gasteiger partial charge in [0, 0.05) is 22.3 Å². The van der Waals surface area contributed by atoms with Gasteiger partial charge in [-0.15, -0.1) is 11.3 Å². The minimum Gasteiger partial charge on any atom is -0.494 e. The molecule has 24 heavy (non-hydrogen) atoms. The summed E-state index contributed by atoms with van der Waals surface area (Å²) in [7, 11) is 0. The minimum atomic E-state index is 0.686. The van der Waals surface area contributed by atoms with Gasteiger partial charge in [-0.2, -0.15) is 0 Å². The number of thiazole rings is 1. The van der Waals surface area contributed by atoms with Crippen LogP contribution in [0.5, 0.6) is 5.75 Å². The summed E-state index contributed by atoms with van der Waals surface area (Å²) in [5.41, 5.74) is 4.85. The molecule has 0 unspecified atom stereocenters. The van der Waals surface area contributed by atoms with Crippen LogP contribution in [0, 0.1) is 6.92 Å². The Morgan fingerprint density at radius 1 is 1.21 bits per heavy atom. The van der Waals surface area contributed by atoms with Crippen molar-refractivity contribution in [3.63, 3.8) is 0 Å². The van der Waals surface area contributed by atoms with Crippen LogP contribution in [0.25, 0.3) is 21.1 Å². The monoisotopic (exact) mass is 354 g/mol. The van der Waals surface area contributed by atoms with E-state index >= 15 is 0 Å². The van der Waals surface area contributed by atoms with Gasteiger partial charge in [-0.1, -0.05) is 30.0 Å². The number of nitrogens with zero attached hydrogens (tertiary/aromatic N) is 1. The molecule has 0 atom stereocenters. The van der Waals surface area contributed by atoms with Gasteiger partial charge in [-0.05, 0) is 43.7 Å². The molecule has 3 nitrogen and oxygen atoms in total. The standard InChI is InChI=1S/C19H18N2OS2/c1-3-22-13-8-9-17-18(10-13)24-19(21-17)23-11-15-12(2)20-16-7-5-4-6-14(15)16/h4-10,20H,3,11H2,1-2H3. The van der Waals surface area contributed by atoms with Crippen LogP contribution >= 0.6 is 23.1 Å². The summed E-state index contributed by atoms with van der Waals surface area (Å²) >= 11 is 3.53. The zero-order valence-corrected chi connectivity index (χ0v) is 15.3. The summed E-state index contributed by atoms with van der Waals surface area (Å²) in [5.74, 6) is 1.84. The van der Waals surface area contributed by atoms with Crippen LogP contribution in [0.4, 0.5) is 0 Å². The first kappa shape index (κ1) is 15.5. The first-order valence-electron chi connectivity index (χ1n) is 7.97. The zero-order chi connectivity index (χ0) is 16.5. The van der Waals surface area contributed by atoms with E-state index in [2.05, 4.69) is 42.2 Å². The molecule has 0 aliphatic heterocycles. The lowest BCUT2D eigenvalue weighted by molar-refractivity contribution is 0.341. The minimum absolute atomic E-state index is 0.686. The highest BCUT2D eigenvalue weighted by Gasteiger charge is 2.11. The maximum Gasteiger partial charge on any atom is 0.151 e. The molecule has 4 rings (SSSR count). The van der Waals surface area contributed by atoms with Crippen LogP contribution in [0.3, 0.4) is 0 Å². The van der Waals surface area contributed by atoms with E-state index in [1.54, 1.807) is 23.1 Å². The molecule has 0 aliphatic rings. The Labute approximate surface area is 149 Å². The molecule has 2 heterocycles. The Hall–Kier alpha value is -1.98. The van der Waals surface area contributed by atoms with Crippen molar-refractivity contribution in [1.82, 2.24) is 9.97 Å². The largest absolute Gasteiger partial charge is 0.494 e. The Balaban J connectivity index is 1.59. The number of ether oxygens (including phenoxy) is 1. The molecule has 1 N–H and O–H groups in total. The second kappa shape index (κ2) is 6.49. The Morgan fingerprint density at radius 2 is 2.08 bits per heavy atom. The van der Waals surface area contributed by atoms with E-state index in [4.69, 9.17) is 9.72 Å². The van der Waals surface area contributed by atoms with E-state index in [0.29, 0.717) is 6.61 Å². The van der Waals surface area contributed by atoms with Gasteiger partial charge in [0.05, 0.1) is 16.8 Å². The molecule has 122 valence electrons. The predicted octanol–water partition coefficient (Wildman–Crippen LogP) is 5.78. The highest BCUT2D eigenvalue weighted by Crippen LogP contribution is 2.35. The highest BCUT2D eigenvalue weighted by molar-refractivity contribution is 8.00. The van der Waals surface area contributed by atoms with Crippen LogP contribution in [-0.4, -0.2) is 16.6 Å². The number of aromatic nitrogens is 2. The highest BCUT2D eigenvalue weighted by atomic mass is 32.2. The number of thioether (sulfide) groups is 1. The summed E-state index contributed by atoms with van der Waals surface area (Å²) in [6, 6.07) is 14.6. The molecule has 0 saturated carbocycles. The Morgan fingerprint density at radius 3 is 2.96 bits per heavy atom. The molecule has 4 aromatic rings. The maximum absolute atomic E-state index is 5.57. The average Bonchev–Trinajstić information content (AvgIpc) is 3.12. The molecule has 0 spiro atoms. The molecule has 2 aromatic carbocycles. The molecular weight excluding hydrogens is 336 g/mol. The van der Waals surface area contributed by atoms with Crippen molar-refractivity contribution in [2.75, 3.05) is 6.61 Å². The van der Waals surface area contributed by atoms with E-state index in [1.165, 1.54) is 26.9 Å². The van der Waals surface area contributed by atoms with Crippen LogP contribution in [0.15, 0.2) is 46.8 Å². The van der Waals surface area contributed by atoms with Crippen molar-refractivity contribution in [3.8, 4) is 5.75 Å². The van der Waals surface area contributed by atoms with Gasteiger partial charge in [0.25, 0.3) is 0 Å². The molecule has 0 aliphatic carbocycles. The van der Waals surface area contributed by atoms with Crippen LogP contribution in [0.2, 0.25) is 0 Å². The molecule has 0 bridgehead atoms. The fraction of sp³-hybridized carbons (Fsp3) is 0.211. The molecule has 0 saturated heterocycles. The second-order valence-corrected chi connectivity index (χ2v) is 7.86. The van der Waals surface area contributed by atoms with Crippen molar-refractivity contribution >= 4 is 44.2 Å². The normalized spacial score (nSPS) is 11.4. The zero-order valence-electron chi connectivity index (χ0n) is 13.6. The molecule has 0 amide bonds. The number of hydrogen-bond donors (Lipinski definition) is 1. The Bertz CT molecular complexity index is 1000. The molecule has 5 heteroatoms. The van der Waals surface area contributed by atoms with E-state index in [0.717, 1.165) is 21.4 Å². The van der Waals surface area contributed by atoms with Crippen molar-refractivity contribution in [2.45, 2.75) is 23.9 Å². The number of rotatable bonds is 5. The molecular formula is C19H18N2OS2. The van der Waals surface area contributed by atoms with Gasteiger partial charge < -0.3 is 9.72 Å². The number of fused-ring (bicyclic) bond motifs is 2. The fourth-order valence-electron chi connectivity index (χ4n) is 2.86. The molecule has 0 radical (unpaired) electrons. The fourth-order valence-corrected chi connectivity index (χ4v) is 5.07. The lowest BCUT2D eigenvalue weighted by Gasteiger charge is -2.00. The molecule has 2 aromatic heterocycles. The van der Waals surface area contributed by atoms with E-state index in [1.807, 2.05) is 19.1 Å². The first-order chi connectivity index (χ1) is 11.7. The number of H-pyrrole nitrogens is 1. The van der Waals surface area contributed by atoms with Crippen molar-refractivity contribution in [2.24, 2.45) is 0 Å². The van der Waals surface area contributed by atoms with Gasteiger partial charge in [0.2, 0.25) is 0 Å². The third kappa shape index (κ3) is 2.89. The van der Waals surface area contributed by atoms with Crippen LogP contribution in [0.1, 0.15) is 18.2 Å². The van der Waals surface area contributed by atoms with Gasteiger partial charge in [0.15, 0.2) is 4.34 Å². The van der Waals surface area contributed by atoms with Gasteiger partial charge in [-0.3, -0.25) is 0 Å². The second-order valence-electron chi connectivity index (χ2n) is 5.61. The third-order valence-corrected chi connectivity index (χ3v) is 6.21. The SMILES string of the molecule is CCOc1ccc2nc(SCc3c(C)[nH]c4ccccc34)sc2c1. The summed E-state index contributed by atoms with van der Waals surface area (Å²) in [6.45, 7) is 4.83. The van der Waals surface area contributed by atoms with Gasteiger partial charge in [0.1, 0.15) is 5.75 Å². The van der Waals surface area contributed by atoms with E-state index in [9.17, 15) is 0 Å². The Kier molecular flexibility index (Phi) is 4.21. The first-order valence-corrected chi connectivity index (χ1v) is 9.77. The molecule has 0 fully saturated rings. The maximum atomic E-state index is 5.57. The van der Waals surface area contributed by atoms with Crippen molar-refractivity contribution < 1.29 is 4.74 Å². The quantitative estimate of drug-likeness (QED) is 0.462. The number of hydrogen-bond acceptors (Lipinski definition) is 4. The average molecular weight is 355 g/mol. The summed E-state index contributed by atoms with van der Waals surface area (Å²) < 4.78 is 7.85. The summed E-state index contributed by atoms with van der Waals surface area (Å²) in [4.78, 5) is 8.20. The van der Waals surface area contributed by atoms with Crippen LogP contribution in [-0.2, 0) is 5.75 Å². The third-order valence-electron chi connectivity index (χ3n) is 4.02. The van der Waals surface area contributed by atoms with Gasteiger partial charge >= 0.3 is 0 Å².